The molecule has 0 amide bonds. The molecule has 26 heavy (non-hydrogen) atoms. The van der Waals surface area contributed by atoms with E-state index >= 15 is 0 Å². The Kier molecular flexibility index (Phi) is 4.67. The van der Waals surface area contributed by atoms with E-state index in [4.69, 9.17) is 4.98 Å². The summed E-state index contributed by atoms with van der Waals surface area (Å²) in [6.45, 7) is 0. The molecule has 4 aromatic rings. The van der Waals surface area contributed by atoms with Gasteiger partial charge in [-0.15, -0.1) is 0 Å². The fraction of sp³-hybridized carbons (Fsp3) is 0.105. The highest BCUT2D eigenvalue weighted by Crippen LogP contribution is 2.32. The van der Waals surface area contributed by atoms with Crippen LogP contribution in [0.15, 0.2) is 75.7 Å². The summed E-state index contributed by atoms with van der Waals surface area (Å²) in [6, 6.07) is 17.7. The largest absolute Gasteiger partial charge is 0.612 e. The minimum Gasteiger partial charge on any atom is -0.612 e. The van der Waals surface area contributed by atoms with E-state index in [1.54, 1.807) is 24.3 Å². The van der Waals surface area contributed by atoms with Gasteiger partial charge in [-0.2, -0.15) is 0 Å². The third-order valence-corrected chi connectivity index (χ3v) is 5.96. The van der Waals surface area contributed by atoms with Gasteiger partial charge in [-0.1, -0.05) is 30.0 Å². The molecule has 0 spiro atoms. The summed E-state index contributed by atoms with van der Waals surface area (Å²) in [5.74, 6) is 0.809. The van der Waals surface area contributed by atoms with Crippen LogP contribution >= 0.6 is 11.8 Å². The number of aromatic nitrogens is 4. The molecule has 0 saturated carbocycles. The Labute approximate surface area is 158 Å². The van der Waals surface area contributed by atoms with Gasteiger partial charge in [0.2, 0.25) is 0 Å². The molecule has 0 aliphatic heterocycles. The lowest BCUT2D eigenvalue weighted by molar-refractivity contribution is 0.601. The van der Waals surface area contributed by atoms with Crippen molar-refractivity contribution in [2.75, 3.05) is 6.26 Å². The smallest absolute Gasteiger partial charge is 0.164 e. The van der Waals surface area contributed by atoms with Crippen molar-refractivity contribution in [3.63, 3.8) is 0 Å². The van der Waals surface area contributed by atoms with E-state index in [-0.39, 0.29) is 0 Å². The van der Waals surface area contributed by atoms with Gasteiger partial charge in [0.25, 0.3) is 0 Å². The molecule has 7 heteroatoms. The molecule has 1 atom stereocenters. The summed E-state index contributed by atoms with van der Waals surface area (Å²) in [6.07, 6.45) is 3.25. The number of hydrogen-bond acceptors (Lipinski definition) is 5. The van der Waals surface area contributed by atoms with Crippen molar-refractivity contribution in [2.24, 2.45) is 7.05 Å². The molecule has 130 valence electrons. The standard InChI is InChI=1S/C19H16N4OS2/c1-23-17(13-8-10-15(11-9-13)26(2)24)22-16-18(23)20-12-21-19(16)25-14-6-4-3-5-7-14/h3-12H,1-2H3. The van der Waals surface area contributed by atoms with Crippen molar-refractivity contribution in [2.45, 2.75) is 14.8 Å². The van der Waals surface area contributed by atoms with Crippen molar-refractivity contribution in [3.05, 3.63) is 60.9 Å². The summed E-state index contributed by atoms with van der Waals surface area (Å²) in [7, 11) is 1.94. The molecule has 5 nitrogen and oxygen atoms in total. The molecule has 4 rings (SSSR count). The minimum atomic E-state index is -0.993. The number of aryl methyl sites for hydroxylation is 1. The van der Waals surface area contributed by atoms with E-state index in [1.807, 2.05) is 66.2 Å². The molecule has 2 heterocycles. The molecular weight excluding hydrogens is 364 g/mol. The molecule has 0 aliphatic carbocycles. The number of imidazole rings is 1. The summed E-state index contributed by atoms with van der Waals surface area (Å²) < 4.78 is 13.6. The molecule has 2 aromatic heterocycles. The molecule has 0 N–H and O–H groups in total. The average molecular weight is 380 g/mol. The van der Waals surface area contributed by atoms with Gasteiger partial charge in [0.1, 0.15) is 29.0 Å². The van der Waals surface area contributed by atoms with Crippen LogP contribution in [-0.4, -0.2) is 30.3 Å². The maximum absolute atomic E-state index is 11.6. The summed E-state index contributed by atoms with van der Waals surface area (Å²) >= 11 is 0.581. The van der Waals surface area contributed by atoms with E-state index in [2.05, 4.69) is 9.97 Å². The molecule has 0 radical (unpaired) electrons. The number of rotatable bonds is 4. The number of nitrogens with zero attached hydrogens (tertiary/aromatic N) is 4. The molecular formula is C19H16N4OS2. The zero-order chi connectivity index (χ0) is 18.1. The van der Waals surface area contributed by atoms with Gasteiger partial charge in [0.15, 0.2) is 10.5 Å². The SMILES string of the molecule is Cn1c(-c2ccc([S+](C)[O-])cc2)nc2c(Sc3ccccc3)ncnc21. The van der Waals surface area contributed by atoms with Crippen molar-refractivity contribution >= 4 is 34.1 Å². The Morgan fingerprint density at radius 1 is 1.00 bits per heavy atom. The molecule has 1 unspecified atom stereocenters. The number of hydrogen-bond donors (Lipinski definition) is 0. The van der Waals surface area contributed by atoms with E-state index < -0.39 is 11.2 Å². The fourth-order valence-electron chi connectivity index (χ4n) is 2.71. The Morgan fingerprint density at radius 3 is 2.42 bits per heavy atom. The highest BCUT2D eigenvalue weighted by molar-refractivity contribution is 7.99. The van der Waals surface area contributed by atoms with Crippen LogP contribution in [0, 0.1) is 0 Å². The van der Waals surface area contributed by atoms with E-state index in [1.165, 1.54) is 0 Å². The van der Waals surface area contributed by atoms with Gasteiger partial charge in [-0.25, -0.2) is 15.0 Å². The van der Waals surface area contributed by atoms with Crippen LogP contribution in [0.1, 0.15) is 0 Å². The zero-order valence-electron chi connectivity index (χ0n) is 14.3. The number of benzene rings is 2. The predicted molar refractivity (Wildman–Crippen MR) is 105 cm³/mol. The quantitative estimate of drug-likeness (QED) is 0.396. The second-order valence-electron chi connectivity index (χ2n) is 5.74. The molecule has 0 fully saturated rings. The van der Waals surface area contributed by atoms with Crippen LogP contribution in [0.25, 0.3) is 22.6 Å². The monoisotopic (exact) mass is 380 g/mol. The second-order valence-corrected chi connectivity index (χ2v) is 8.18. The van der Waals surface area contributed by atoms with Gasteiger partial charge in [0.05, 0.1) is 0 Å². The molecule has 2 aromatic carbocycles. The Balaban J connectivity index is 1.78. The highest BCUT2D eigenvalue weighted by Gasteiger charge is 2.16. The fourth-order valence-corrected chi connectivity index (χ4v) is 4.08. The van der Waals surface area contributed by atoms with Crippen LogP contribution < -0.4 is 0 Å². The lowest BCUT2D eigenvalue weighted by Gasteiger charge is -2.05. The lowest BCUT2D eigenvalue weighted by Crippen LogP contribution is -1.98. The van der Waals surface area contributed by atoms with Crippen LogP contribution in [0.3, 0.4) is 0 Å². The van der Waals surface area contributed by atoms with Crippen molar-refractivity contribution in [3.8, 4) is 11.4 Å². The van der Waals surface area contributed by atoms with E-state index in [0.29, 0.717) is 0 Å². The maximum atomic E-state index is 11.6. The van der Waals surface area contributed by atoms with Crippen LogP contribution in [0.4, 0.5) is 0 Å². The lowest BCUT2D eigenvalue weighted by atomic mass is 10.2. The topological polar surface area (TPSA) is 66.7 Å². The first-order valence-electron chi connectivity index (χ1n) is 7.97. The second kappa shape index (κ2) is 7.11. The minimum absolute atomic E-state index is 0.780. The first kappa shape index (κ1) is 17.1. The Hall–Kier alpha value is -2.35. The average Bonchev–Trinajstić information content (AvgIpc) is 3.01. The third kappa shape index (κ3) is 3.21. The van der Waals surface area contributed by atoms with Gasteiger partial charge < -0.3 is 9.12 Å². The van der Waals surface area contributed by atoms with Gasteiger partial charge in [-0.3, -0.25) is 0 Å². The highest BCUT2D eigenvalue weighted by atomic mass is 32.2. The van der Waals surface area contributed by atoms with Gasteiger partial charge in [-0.05, 0) is 47.6 Å². The van der Waals surface area contributed by atoms with Crippen LogP contribution in [0.5, 0.6) is 0 Å². The van der Waals surface area contributed by atoms with Crippen molar-refractivity contribution in [1.82, 2.24) is 19.5 Å². The zero-order valence-corrected chi connectivity index (χ0v) is 15.9. The third-order valence-electron chi connectivity index (χ3n) is 4.02. The van der Waals surface area contributed by atoms with E-state index in [0.717, 1.165) is 37.4 Å². The van der Waals surface area contributed by atoms with Crippen LogP contribution in [0.2, 0.25) is 0 Å². The molecule has 0 saturated heterocycles. The van der Waals surface area contributed by atoms with Crippen molar-refractivity contribution in [1.29, 1.82) is 0 Å². The maximum Gasteiger partial charge on any atom is 0.164 e. The first-order chi connectivity index (χ1) is 12.6. The summed E-state index contributed by atoms with van der Waals surface area (Å²) in [5, 5.41) is 0.828. The van der Waals surface area contributed by atoms with Crippen LogP contribution in [-0.2, 0) is 18.2 Å². The number of fused-ring (bicyclic) bond motifs is 1. The Morgan fingerprint density at radius 2 is 1.73 bits per heavy atom. The molecule has 0 bridgehead atoms. The summed E-state index contributed by atoms with van der Waals surface area (Å²) in [4.78, 5) is 15.5. The Bertz CT molecular complexity index is 1050. The van der Waals surface area contributed by atoms with E-state index in [9.17, 15) is 4.55 Å². The normalized spacial score (nSPS) is 12.4. The summed E-state index contributed by atoms with van der Waals surface area (Å²) in [5.41, 5.74) is 2.52. The van der Waals surface area contributed by atoms with Gasteiger partial charge in [0, 0.05) is 17.5 Å². The van der Waals surface area contributed by atoms with Crippen molar-refractivity contribution < 1.29 is 4.55 Å². The van der Waals surface area contributed by atoms with Gasteiger partial charge >= 0.3 is 0 Å². The first-order valence-corrected chi connectivity index (χ1v) is 10.3. The predicted octanol–water partition coefficient (Wildman–Crippen LogP) is 3.92. The molecule has 0 aliphatic rings.